The Morgan fingerprint density at radius 2 is 1.91 bits per heavy atom. The first-order valence-electron chi connectivity index (χ1n) is 7.16. The molecule has 1 amide bonds. The molecule has 1 aromatic heterocycles. The molecule has 0 unspecified atom stereocenters. The monoisotopic (exact) mass is 325 g/mol. The maximum absolute atomic E-state index is 12.4. The summed E-state index contributed by atoms with van der Waals surface area (Å²) in [4.78, 5) is 36.3. The average molecular weight is 325 g/mol. The predicted octanol–water partition coefficient (Wildman–Crippen LogP) is 2.67. The Hall–Kier alpha value is -1.89. The fourth-order valence-corrected chi connectivity index (χ4v) is 3.72. The van der Waals surface area contributed by atoms with Gasteiger partial charge in [0.1, 0.15) is 5.00 Å². The van der Waals surface area contributed by atoms with Crippen LogP contribution in [0, 0.1) is 18.8 Å². The van der Waals surface area contributed by atoms with Gasteiger partial charge in [0.15, 0.2) is 0 Å². The van der Waals surface area contributed by atoms with E-state index in [-0.39, 0.29) is 5.91 Å². The lowest BCUT2D eigenvalue weighted by Gasteiger charge is -2.27. The molecule has 0 spiro atoms. The van der Waals surface area contributed by atoms with E-state index in [0.29, 0.717) is 23.4 Å². The largest absolute Gasteiger partial charge is 0.481 e. The lowest BCUT2D eigenvalue weighted by atomic mass is 9.79. The van der Waals surface area contributed by atoms with E-state index < -0.39 is 23.8 Å². The van der Waals surface area contributed by atoms with Crippen molar-refractivity contribution >= 4 is 34.2 Å². The van der Waals surface area contributed by atoms with Gasteiger partial charge in [0, 0.05) is 4.88 Å². The van der Waals surface area contributed by atoms with Gasteiger partial charge in [-0.15, -0.1) is 11.3 Å². The normalized spacial score (nSPS) is 21.2. The smallest absolute Gasteiger partial charge is 0.340 e. The van der Waals surface area contributed by atoms with Crippen LogP contribution in [-0.2, 0) is 14.3 Å². The average Bonchev–Trinajstić information content (AvgIpc) is 2.86. The number of aryl methyl sites for hydroxylation is 1. The predicted molar refractivity (Wildman–Crippen MR) is 82.1 cm³/mol. The molecule has 0 saturated heterocycles. The SMILES string of the molecule is COC(=O)c1cc(C)sc1NC(=O)[C@H]1CCCC[C@@H]1C(=O)O. The standard InChI is InChI=1S/C15H19NO5S/c1-8-7-11(15(20)21-2)13(22-8)16-12(17)9-5-3-4-6-10(9)14(18)19/h7,9-10H,3-6H2,1-2H3,(H,16,17)(H,18,19)/t9-,10-/m0/s1. The molecule has 120 valence electrons. The summed E-state index contributed by atoms with van der Waals surface area (Å²) in [5.74, 6) is -3.00. The Balaban J connectivity index is 2.17. The van der Waals surface area contributed by atoms with E-state index in [9.17, 15) is 19.5 Å². The molecule has 6 nitrogen and oxygen atoms in total. The summed E-state index contributed by atoms with van der Waals surface area (Å²) >= 11 is 1.28. The van der Waals surface area contributed by atoms with E-state index in [1.54, 1.807) is 6.07 Å². The van der Waals surface area contributed by atoms with Crippen LogP contribution in [0.4, 0.5) is 5.00 Å². The van der Waals surface area contributed by atoms with Crippen molar-refractivity contribution in [3.8, 4) is 0 Å². The van der Waals surface area contributed by atoms with Crippen LogP contribution in [0.15, 0.2) is 6.07 Å². The van der Waals surface area contributed by atoms with Crippen molar-refractivity contribution in [2.45, 2.75) is 32.6 Å². The number of thiophene rings is 1. The molecule has 0 aliphatic heterocycles. The van der Waals surface area contributed by atoms with Gasteiger partial charge >= 0.3 is 11.9 Å². The topological polar surface area (TPSA) is 92.7 Å². The molecule has 0 bridgehead atoms. The summed E-state index contributed by atoms with van der Waals surface area (Å²) in [5.41, 5.74) is 0.307. The third-order valence-electron chi connectivity index (χ3n) is 3.92. The van der Waals surface area contributed by atoms with Crippen LogP contribution in [0.1, 0.15) is 40.9 Å². The highest BCUT2D eigenvalue weighted by Gasteiger charge is 2.36. The maximum Gasteiger partial charge on any atom is 0.340 e. The van der Waals surface area contributed by atoms with Crippen LogP contribution in [0.5, 0.6) is 0 Å². The highest BCUT2D eigenvalue weighted by molar-refractivity contribution is 7.16. The molecular weight excluding hydrogens is 306 g/mol. The maximum atomic E-state index is 12.4. The van der Waals surface area contributed by atoms with Crippen LogP contribution in [-0.4, -0.2) is 30.1 Å². The van der Waals surface area contributed by atoms with Crippen molar-refractivity contribution < 1.29 is 24.2 Å². The zero-order valence-corrected chi connectivity index (χ0v) is 13.4. The molecule has 1 fully saturated rings. The van der Waals surface area contributed by atoms with Gasteiger partial charge in [-0.25, -0.2) is 4.79 Å². The lowest BCUT2D eigenvalue weighted by Crippen LogP contribution is -2.36. The van der Waals surface area contributed by atoms with Crippen LogP contribution in [0.25, 0.3) is 0 Å². The highest BCUT2D eigenvalue weighted by Crippen LogP contribution is 2.33. The summed E-state index contributed by atoms with van der Waals surface area (Å²) in [6.07, 6.45) is 2.74. The summed E-state index contributed by atoms with van der Waals surface area (Å²) in [7, 11) is 1.28. The molecule has 1 aliphatic rings. The van der Waals surface area contributed by atoms with Gasteiger partial charge in [-0.05, 0) is 25.8 Å². The van der Waals surface area contributed by atoms with E-state index in [4.69, 9.17) is 4.74 Å². The number of carboxylic acids is 1. The van der Waals surface area contributed by atoms with Crippen molar-refractivity contribution in [2.24, 2.45) is 11.8 Å². The number of carbonyl (C=O) groups excluding carboxylic acids is 2. The second-order valence-electron chi connectivity index (χ2n) is 5.42. The summed E-state index contributed by atoms with van der Waals surface area (Å²) in [5, 5.41) is 12.4. The summed E-state index contributed by atoms with van der Waals surface area (Å²) < 4.78 is 4.70. The molecule has 0 aromatic carbocycles. The second kappa shape index (κ2) is 6.91. The molecule has 1 aromatic rings. The Morgan fingerprint density at radius 3 is 2.50 bits per heavy atom. The van der Waals surface area contributed by atoms with Crippen molar-refractivity contribution in [3.63, 3.8) is 0 Å². The molecule has 22 heavy (non-hydrogen) atoms. The molecule has 7 heteroatoms. The highest BCUT2D eigenvalue weighted by atomic mass is 32.1. The van der Waals surface area contributed by atoms with Gasteiger partial charge in [0.2, 0.25) is 5.91 Å². The van der Waals surface area contributed by atoms with Gasteiger partial charge in [-0.2, -0.15) is 0 Å². The van der Waals surface area contributed by atoms with Gasteiger partial charge in [-0.1, -0.05) is 12.8 Å². The first-order chi connectivity index (χ1) is 10.4. The van der Waals surface area contributed by atoms with Crippen molar-refractivity contribution in [1.29, 1.82) is 0 Å². The van der Waals surface area contributed by atoms with E-state index in [0.717, 1.165) is 17.7 Å². The third kappa shape index (κ3) is 3.47. The van der Waals surface area contributed by atoms with Gasteiger partial charge in [-0.3, -0.25) is 9.59 Å². The van der Waals surface area contributed by atoms with Crippen LogP contribution < -0.4 is 5.32 Å². The minimum absolute atomic E-state index is 0.307. The number of ether oxygens (including phenoxy) is 1. The zero-order chi connectivity index (χ0) is 16.3. The van der Waals surface area contributed by atoms with Crippen molar-refractivity contribution in [3.05, 3.63) is 16.5 Å². The molecule has 2 N–H and O–H groups in total. The lowest BCUT2D eigenvalue weighted by molar-refractivity contribution is -0.147. The number of methoxy groups -OCH3 is 1. The molecule has 1 aliphatic carbocycles. The third-order valence-corrected chi connectivity index (χ3v) is 4.88. The number of nitrogens with one attached hydrogen (secondary N) is 1. The van der Waals surface area contributed by atoms with E-state index in [2.05, 4.69) is 5.32 Å². The number of aliphatic carboxylic acids is 1. The number of anilines is 1. The van der Waals surface area contributed by atoms with Crippen molar-refractivity contribution in [2.75, 3.05) is 12.4 Å². The van der Waals surface area contributed by atoms with E-state index >= 15 is 0 Å². The minimum Gasteiger partial charge on any atom is -0.481 e. The van der Waals surface area contributed by atoms with Gasteiger partial charge < -0.3 is 15.2 Å². The molecule has 2 atom stereocenters. The number of carboxylic acid groups (broad SMARTS) is 1. The Bertz CT molecular complexity index is 595. The number of carbonyl (C=O) groups is 3. The Kier molecular flexibility index (Phi) is 5.18. The molecule has 0 radical (unpaired) electrons. The molecule has 1 saturated carbocycles. The Morgan fingerprint density at radius 1 is 1.27 bits per heavy atom. The molecule has 2 rings (SSSR count). The minimum atomic E-state index is -0.935. The van der Waals surface area contributed by atoms with Gasteiger partial charge in [0.25, 0.3) is 0 Å². The fourth-order valence-electron chi connectivity index (χ4n) is 2.81. The fraction of sp³-hybridized carbons (Fsp3) is 0.533. The number of esters is 1. The molecular formula is C15H19NO5S. The summed E-state index contributed by atoms with van der Waals surface area (Å²) in [6.45, 7) is 1.83. The first kappa shape index (κ1) is 16.5. The first-order valence-corrected chi connectivity index (χ1v) is 7.98. The zero-order valence-electron chi connectivity index (χ0n) is 12.5. The summed E-state index contributed by atoms with van der Waals surface area (Å²) in [6, 6.07) is 1.65. The van der Waals surface area contributed by atoms with E-state index in [1.165, 1.54) is 18.4 Å². The number of hydrogen-bond donors (Lipinski definition) is 2. The van der Waals surface area contributed by atoms with E-state index in [1.807, 2.05) is 6.92 Å². The Labute approximate surface area is 132 Å². The van der Waals surface area contributed by atoms with Crippen molar-refractivity contribution in [1.82, 2.24) is 0 Å². The van der Waals surface area contributed by atoms with Crippen LogP contribution >= 0.6 is 11.3 Å². The molecule has 1 heterocycles. The number of rotatable bonds is 4. The second-order valence-corrected chi connectivity index (χ2v) is 6.67. The number of hydrogen-bond acceptors (Lipinski definition) is 5. The van der Waals surface area contributed by atoms with Crippen LogP contribution in [0.3, 0.4) is 0 Å². The quantitative estimate of drug-likeness (QED) is 0.830. The number of amides is 1. The van der Waals surface area contributed by atoms with Crippen LogP contribution in [0.2, 0.25) is 0 Å². The van der Waals surface area contributed by atoms with Gasteiger partial charge in [0.05, 0.1) is 24.5 Å².